The fraction of sp³-hybridized carbons (Fsp3) is 0.364. The molecule has 1 atom stereocenters. The second kappa shape index (κ2) is 5.26. The van der Waals surface area contributed by atoms with Gasteiger partial charge in [0, 0.05) is 24.0 Å². The predicted octanol–water partition coefficient (Wildman–Crippen LogP) is 0.897. The van der Waals surface area contributed by atoms with Crippen molar-refractivity contribution >= 4 is 27.5 Å². The minimum atomic E-state index is -3.55. The van der Waals surface area contributed by atoms with E-state index >= 15 is 0 Å². The molecule has 98 valence electrons. The van der Waals surface area contributed by atoms with Crippen molar-refractivity contribution < 1.29 is 13.2 Å². The van der Waals surface area contributed by atoms with Gasteiger partial charge in [0.25, 0.3) is 0 Å². The summed E-state index contributed by atoms with van der Waals surface area (Å²) < 4.78 is 26.6. The first-order valence-electron chi connectivity index (χ1n) is 5.52. The van der Waals surface area contributed by atoms with E-state index in [0.717, 1.165) is 0 Å². The highest BCUT2D eigenvalue weighted by Gasteiger charge is 2.23. The lowest BCUT2D eigenvalue weighted by Crippen LogP contribution is -2.47. The Kier molecular flexibility index (Phi) is 3.89. The highest BCUT2D eigenvalue weighted by atomic mass is 35.5. The number of amides is 1. The predicted molar refractivity (Wildman–Crippen MR) is 67.8 cm³/mol. The van der Waals surface area contributed by atoms with Crippen LogP contribution in [0.2, 0.25) is 5.02 Å². The number of hydrogen-bond acceptors (Lipinski definition) is 3. The Bertz CT molecular complexity index is 532. The summed E-state index contributed by atoms with van der Waals surface area (Å²) >= 11 is 5.71. The third-order valence-electron chi connectivity index (χ3n) is 2.71. The molecule has 2 N–H and O–H groups in total. The minimum absolute atomic E-state index is 0.0445. The second-order valence-corrected chi connectivity index (χ2v) is 6.27. The van der Waals surface area contributed by atoms with Crippen molar-refractivity contribution in [3.63, 3.8) is 0 Å². The molecule has 0 saturated carbocycles. The molecule has 1 heterocycles. The van der Waals surface area contributed by atoms with E-state index in [9.17, 15) is 13.2 Å². The summed E-state index contributed by atoms with van der Waals surface area (Å²) in [6.07, 6.45) is 0.854. The van der Waals surface area contributed by atoms with Crippen LogP contribution in [0.3, 0.4) is 0 Å². The van der Waals surface area contributed by atoms with E-state index in [-0.39, 0.29) is 16.8 Å². The maximum atomic E-state index is 12.0. The lowest BCUT2D eigenvalue weighted by Gasteiger charge is -2.23. The number of halogens is 1. The van der Waals surface area contributed by atoms with Crippen molar-refractivity contribution in [2.24, 2.45) is 0 Å². The Hall–Kier alpha value is -1.11. The maximum Gasteiger partial charge on any atom is 0.240 e. The lowest BCUT2D eigenvalue weighted by molar-refractivity contribution is -0.122. The summed E-state index contributed by atoms with van der Waals surface area (Å²) in [5.74, 6) is -0.0445. The Balaban J connectivity index is 2.07. The molecule has 0 aromatic heterocycles. The molecule has 1 unspecified atom stereocenters. The zero-order valence-corrected chi connectivity index (χ0v) is 11.1. The quantitative estimate of drug-likeness (QED) is 0.868. The number of benzene rings is 1. The van der Waals surface area contributed by atoms with Gasteiger partial charge in [-0.3, -0.25) is 4.79 Å². The molecule has 1 aromatic rings. The topological polar surface area (TPSA) is 75.3 Å². The molecular weight excluding hydrogens is 276 g/mol. The number of hydrogen-bond donors (Lipinski definition) is 2. The monoisotopic (exact) mass is 288 g/mol. The standard InChI is InChI=1S/C11H13ClN2O3S/c12-8-1-4-10(5-2-8)18(16,17)14-9-3-6-11(15)13-7-9/h1-2,4-5,9,14H,3,6-7H2,(H,13,15). The van der Waals surface area contributed by atoms with E-state index in [0.29, 0.717) is 24.4 Å². The average molecular weight is 289 g/mol. The van der Waals surface area contributed by atoms with Crippen LogP contribution in [0.25, 0.3) is 0 Å². The van der Waals surface area contributed by atoms with Gasteiger partial charge in [-0.05, 0) is 30.7 Å². The van der Waals surface area contributed by atoms with Crippen molar-refractivity contribution in [1.82, 2.24) is 10.0 Å². The Morgan fingerprint density at radius 1 is 1.28 bits per heavy atom. The minimum Gasteiger partial charge on any atom is -0.355 e. The van der Waals surface area contributed by atoms with Gasteiger partial charge in [0.05, 0.1) is 4.90 Å². The molecule has 18 heavy (non-hydrogen) atoms. The fourth-order valence-electron chi connectivity index (χ4n) is 1.73. The van der Waals surface area contributed by atoms with Gasteiger partial charge >= 0.3 is 0 Å². The van der Waals surface area contributed by atoms with E-state index in [1.807, 2.05) is 0 Å². The van der Waals surface area contributed by atoms with Crippen LogP contribution in [0, 0.1) is 0 Å². The summed E-state index contributed by atoms with van der Waals surface area (Å²) in [5, 5.41) is 3.11. The summed E-state index contributed by atoms with van der Waals surface area (Å²) in [6, 6.07) is 5.69. The smallest absolute Gasteiger partial charge is 0.240 e. The molecule has 0 radical (unpaired) electrons. The van der Waals surface area contributed by atoms with Crippen LogP contribution in [0.1, 0.15) is 12.8 Å². The number of nitrogens with one attached hydrogen (secondary N) is 2. The van der Waals surface area contributed by atoms with Gasteiger partial charge in [-0.25, -0.2) is 13.1 Å². The third-order valence-corrected chi connectivity index (χ3v) is 4.50. The van der Waals surface area contributed by atoms with E-state index < -0.39 is 10.0 Å². The Morgan fingerprint density at radius 3 is 2.50 bits per heavy atom. The van der Waals surface area contributed by atoms with Crippen LogP contribution in [0.4, 0.5) is 0 Å². The molecular formula is C11H13ClN2O3S. The zero-order valence-electron chi connectivity index (χ0n) is 9.52. The van der Waals surface area contributed by atoms with Crippen molar-refractivity contribution in [2.45, 2.75) is 23.8 Å². The zero-order chi connectivity index (χ0) is 13.2. The first-order valence-corrected chi connectivity index (χ1v) is 7.38. The average Bonchev–Trinajstić information content (AvgIpc) is 2.32. The van der Waals surface area contributed by atoms with E-state index in [1.54, 1.807) is 0 Å². The van der Waals surface area contributed by atoms with Gasteiger partial charge in [-0.1, -0.05) is 11.6 Å². The van der Waals surface area contributed by atoms with E-state index in [2.05, 4.69) is 10.0 Å². The summed E-state index contributed by atoms with van der Waals surface area (Å²) in [4.78, 5) is 11.1. The van der Waals surface area contributed by atoms with Gasteiger partial charge in [0.2, 0.25) is 15.9 Å². The molecule has 0 spiro atoms. The number of carbonyl (C=O) groups excluding carboxylic acids is 1. The Labute approximate surface area is 111 Å². The Morgan fingerprint density at radius 2 is 1.94 bits per heavy atom. The highest BCUT2D eigenvalue weighted by molar-refractivity contribution is 7.89. The molecule has 7 heteroatoms. The number of sulfonamides is 1. The lowest BCUT2D eigenvalue weighted by atomic mass is 10.1. The molecule has 0 bridgehead atoms. The van der Waals surface area contributed by atoms with Crippen molar-refractivity contribution in [2.75, 3.05) is 6.54 Å². The normalized spacial score (nSPS) is 20.5. The summed E-state index contributed by atoms with van der Waals surface area (Å²) in [6.45, 7) is 0.325. The fourth-order valence-corrected chi connectivity index (χ4v) is 3.13. The summed E-state index contributed by atoms with van der Waals surface area (Å²) in [5.41, 5.74) is 0. The van der Waals surface area contributed by atoms with Crippen molar-refractivity contribution in [3.05, 3.63) is 29.3 Å². The van der Waals surface area contributed by atoms with E-state index in [1.165, 1.54) is 24.3 Å². The molecule has 2 rings (SSSR count). The summed E-state index contributed by atoms with van der Waals surface area (Å²) in [7, 11) is -3.55. The van der Waals surface area contributed by atoms with Crippen LogP contribution in [0.15, 0.2) is 29.2 Å². The molecule has 1 amide bonds. The largest absolute Gasteiger partial charge is 0.355 e. The van der Waals surface area contributed by atoms with Gasteiger partial charge < -0.3 is 5.32 Å². The van der Waals surface area contributed by atoms with Crippen LogP contribution in [0.5, 0.6) is 0 Å². The SMILES string of the molecule is O=C1CCC(NS(=O)(=O)c2ccc(Cl)cc2)CN1. The molecule has 1 fully saturated rings. The van der Waals surface area contributed by atoms with Gasteiger partial charge in [-0.2, -0.15) is 0 Å². The van der Waals surface area contributed by atoms with E-state index in [4.69, 9.17) is 11.6 Å². The number of piperidine rings is 1. The molecule has 1 aliphatic rings. The number of carbonyl (C=O) groups is 1. The van der Waals surface area contributed by atoms with Gasteiger partial charge in [-0.15, -0.1) is 0 Å². The van der Waals surface area contributed by atoms with Crippen LogP contribution >= 0.6 is 11.6 Å². The first kappa shape index (κ1) is 13.3. The van der Waals surface area contributed by atoms with Crippen molar-refractivity contribution in [3.8, 4) is 0 Å². The number of rotatable bonds is 3. The van der Waals surface area contributed by atoms with Gasteiger partial charge in [0.1, 0.15) is 0 Å². The molecule has 0 aliphatic carbocycles. The van der Waals surface area contributed by atoms with Crippen LogP contribution in [-0.4, -0.2) is 26.9 Å². The first-order chi connectivity index (χ1) is 8.47. The second-order valence-electron chi connectivity index (χ2n) is 4.11. The molecule has 1 aliphatic heterocycles. The maximum absolute atomic E-state index is 12.0. The molecule has 1 aromatic carbocycles. The molecule has 1 saturated heterocycles. The van der Waals surface area contributed by atoms with Gasteiger partial charge in [0.15, 0.2) is 0 Å². The molecule has 5 nitrogen and oxygen atoms in total. The third kappa shape index (κ3) is 3.22. The van der Waals surface area contributed by atoms with Crippen molar-refractivity contribution in [1.29, 1.82) is 0 Å². The van der Waals surface area contributed by atoms with Crippen LogP contribution < -0.4 is 10.0 Å². The highest BCUT2D eigenvalue weighted by Crippen LogP contribution is 2.15. The van der Waals surface area contributed by atoms with Crippen LogP contribution in [-0.2, 0) is 14.8 Å².